The van der Waals surface area contributed by atoms with E-state index in [9.17, 15) is 9.59 Å². The van der Waals surface area contributed by atoms with E-state index in [4.69, 9.17) is 30.4 Å². The van der Waals surface area contributed by atoms with Gasteiger partial charge in [0, 0.05) is 17.5 Å². The molecule has 0 radical (unpaired) electrons. The summed E-state index contributed by atoms with van der Waals surface area (Å²) in [6.45, 7) is 3.73. The van der Waals surface area contributed by atoms with E-state index in [2.05, 4.69) is 6.92 Å². The van der Waals surface area contributed by atoms with Crippen molar-refractivity contribution in [3.63, 3.8) is 0 Å². The van der Waals surface area contributed by atoms with Crippen molar-refractivity contribution in [2.45, 2.75) is 51.9 Å². The average Bonchev–Trinajstić information content (AvgIpc) is 2.96. The molecular weight excluding hydrogens is 520 g/mol. The smallest absolute Gasteiger partial charge is 0.338 e. The van der Waals surface area contributed by atoms with Gasteiger partial charge in [0.25, 0.3) is 0 Å². The summed E-state index contributed by atoms with van der Waals surface area (Å²) in [4.78, 5) is 24.3. The molecule has 0 aliphatic rings. The van der Waals surface area contributed by atoms with Crippen LogP contribution in [0.5, 0.6) is 17.2 Å². The molecule has 0 spiro atoms. The molecule has 3 rings (SSSR count). The Kier molecular flexibility index (Phi) is 13.1. The highest BCUT2D eigenvalue weighted by atomic mass is 16.5. The normalized spacial score (nSPS) is 10.9. The first kappa shape index (κ1) is 31.1. The molecule has 0 aromatic heterocycles. The molecule has 0 aliphatic carbocycles. The Morgan fingerprint density at radius 3 is 1.83 bits per heavy atom. The Labute approximate surface area is 242 Å². The maximum Gasteiger partial charge on any atom is 0.338 e. The molecule has 0 atom stereocenters. The molecule has 0 saturated heterocycles. The molecule has 41 heavy (non-hydrogen) atoms. The molecular formula is C33H40N2O6. The number of rotatable bonds is 17. The fraction of sp³-hybridized carbons (Fsp3) is 0.333. The van der Waals surface area contributed by atoms with Crippen molar-refractivity contribution in [3.8, 4) is 17.2 Å². The molecule has 8 heteroatoms. The number of nitrogens with two attached hydrogens (primary N) is 2. The number of anilines is 2. The van der Waals surface area contributed by atoms with Gasteiger partial charge in [-0.25, -0.2) is 9.59 Å². The van der Waals surface area contributed by atoms with Gasteiger partial charge in [0.2, 0.25) is 0 Å². The number of hydrogen-bond acceptors (Lipinski definition) is 8. The highest BCUT2D eigenvalue weighted by Crippen LogP contribution is 2.19. The minimum atomic E-state index is -0.457. The van der Waals surface area contributed by atoms with E-state index in [1.165, 1.54) is 25.3 Å². The van der Waals surface area contributed by atoms with Crippen LogP contribution >= 0.6 is 0 Å². The van der Waals surface area contributed by atoms with Crippen molar-refractivity contribution in [1.29, 1.82) is 0 Å². The number of carbonyl (C=O) groups excluding carboxylic acids is 2. The van der Waals surface area contributed by atoms with Gasteiger partial charge in [0.05, 0.1) is 25.4 Å². The summed E-state index contributed by atoms with van der Waals surface area (Å²) in [5.41, 5.74) is 13.5. The zero-order valence-corrected chi connectivity index (χ0v) is 23.7. The van der Waals surface area contributed by atoms with Gasteiger partial charge in [0.1, 0.15) is 17.2 Å². The summed E-state index contributed by atoms with van der Waals surface area (Å²) in [6, 6.07) is 19.2. The fourth-order valence-electron chi connectivity index (χ4n) is 3.93. The van der Waals surface area contributed by atoms with E-state index in [0.29, 0.717) is 42.5 Å². The lowest BCUT2D eigenvalue weighted by atomic mass is 10.2. The second-order valence-electron chi connectivity index (χ2n) is 9.64. The summed E-state index contributed by atoms with van der Waals surface area (Å²) in [5, 5.41) is 0. The highest BCUT2D eigenvalue weighted by Gasteiger charge is 2.08. The van der Waals surface area contributed by atoms with Gasteiger partial charge in [-0.3, -0.25) is 0 Å². The average molecular weight is 561 g/mol. The van der Waals surface area contributed by atoms with Crippen molar-refractivity contribution in [2.75, 3.05) is 31.3 Å². The molecule has 8 nitrogen and oxygen atoms in total. The standard InChI is InChI=1S/C33H40N2O6/c1-2-3-4-6-19-39-30-14-16-31(17-15-30)41-32(36)18-11-25-9-12-29(13-10-25)38-20-7-5-8-21-40-33(37)26-22-27(34)24-28(35)23-26/h9-18,22-24H,2-8,19-21,34-35H2,1H3. The van der Waals surface area contributed by atoms with E-state index in [-0.39, 0.29) is 0 Å². The first-order chi connectivity index (χ1) is 19.9. The van der Waals surface area contributed by atoms with Gasteiger partial charge in [-0.05, 0) is 91.9 Å². The third-order valence-corrected chi connectivity index (χ3v) is 6.10. The summed E-state index contributed by atoms with van der Waals surface area (Å²) in [7, 11) is 0. The van der Waals surface area contributed by atoms with Crippen molar-refractivity contribution in [2.24, 2.45) is 0 Å². The Morgan fingerprint density at radius 1 is 0.683 bits per heavy atom. The largest absolute Gasteiger partial charge is 0.494 e. The molecule has 218 valence electrons. The van der Waals surface area contributed by atoms with Gasteiger partial charge in [-0.15, -0.1) is 0 Å². The lowest BCUT2D eigenvalue weighted by molar-refractivity contribution is -0.128. The van der Waals surface area contributed by atoms with Crippen LogP contribution < -0.4 is 25.7 Å². The van der Waals surface area contributed by atoms with E-state index < -0.39 is 11.9 Å². The predicted molar refractivity (Wildman–Crippen MR) is 162 cm³/mol. The second kappa shape index (κ2) is 17.3. The lowest BCUT2D eigenvalue weighted by Crippen LogP contribution is -2.08. The summed E-state index contributed by atoms with van der Waals surface area (Å²) in [5.74, 6) is 1.08. The number of ether oxygens (including phenoxy) is 4. The van der Waals surface area contributed by atoms with E-state index >= 15 is 0 Å². The first-order valence-electron chi connectivity index (χ1n) is 14.1. The van der Waals surface area contributed by atoms with Crippen LogP contribution in [0.4, 0.5) is 11.4 Å². The zero-order valence-electron chi connectivity index (χ0n) is 23.7. The number of carbonyl (C=O) groups is 2. The van der Waals surface area contributed by atoms with Crippen LogP contribution in [0.15, 0.2) is 72.8 Å². The molecule has 0 bridgehead atoms. The van der Waals surface area contributed by atoms with E-state index in [1.807, 2.05) is 24.3 Å². The number of esters is 2. The quantitative estimate of drug-likeness (QED) is 0.0605. The molecule has 0 unspecified atom stereocenters. The van der Waals surface area contributed by atoms with E-state index in [0.717, 1.165) is 42.7 Å². The number of benzene rings is 3. The summed E-state index contributed by atoms with van der Waals surface area (Å²) < 4.78 is 22.1. The third-order valence-electron chi connectivity index (χ3n) is 6.10. The van der Waals surface area contributed by atoms with E-state index in [1.54, 1.807) is 48.5 Å². The topological polar surface area (TPSA) is 123 Å². The Morgan fingerprint density at radius 2 is 1.22 bits per heavy atom. The Hall–Kier alpha value is -4.46. The van der Waals surface area contributed by atoms with Crippen molar-refractivity contribution in [3.05, 3.63) is 83.9 Å². The molecule has 4 N–H and O–H groups in total. The monoisotopic (exact) mass is 560 g/mol. The molecule has 0 fully saturated rings. The zero-order chi connectivity index (χ0) is 29.3. The van der Waals surface area contributed by atoms with Gasteiger partial charge in [-0.2, -0.15) is 0 Å². The Bertz CT molecular complexity index is 1240. The number of unbranched alkanes of at least 4 members (excludes halogenated alkanes) is 5. The van der Waals surface area contributed by atoms with Crippen LogP contribution in [0.2, 0.25) is 0 Å². The van der Waals surface area contributed by atoms with Crippen molar-refractivity contribution >= 4 is 29.4 Å². The fourth-order valence-corrected chi connectivity index (χ4v) is 3.93. The van der Waals surface area contributed by atoms with Gasteiger partial charge in [0.15, 0.2) is 0 Å². The van der Waals surface area contributed by atoms with Crippen LogP contribution in [0.3, 0.4) is 0 Å². The van der Waals surface area contributed by atoms with Crippen LogP contribution in [0, 0.1) is 0 Å². The van der Waals surface area contributed by atoms with Crippen LogP contribution in [-0.4, -0.2) is 31.8 Å². The first-order valence-corrected chi connectivity index (χ1v) is 14.1. The molecule has 0 aliphatic heterocycles. The van der Waals surface area contributed by atoms with Gasteiger partial charge in [-0.1, -0.05) is 38.3 Å². The second-order valence-corrected chi connectivity index (χ2v) is 9.64. The predicted octanol–water partition coefficient (Wildman–Crippen LogP) is 6.84. The van der Waals surface area contributed by atoms with Crippen molar-refractivity contribution < 1.29 is 28.5 Å². The molecule has 0 amide bonds. The maximum absolute atomic E-state index is 12.2. The molecule has 3 aromatic carbocycles. The van der Waals surface area contributed by atoms with Gasteiger partial charge >= 0.3 is 11.9 Å². The SMILES string of the molecule is CCCCCCOc1ccc(OC(=O)C=Cc2ccc(OCCCCCOC(=O)c3cc(N)cc(N)c3)cc2)cc1. The van der Waals surface area contributed by atoms with Crippen LogP contribution in [0.1, 0.15) is 67.8 Å². The molecule has 0 saturated carbocycles. The lowest BCUT2D eigenvalue weighted by Gasteiger charge is -2.08. The molecule has 3 aromatic rings. The van der Waals surface area contributed by atoms with Crippen LogP contribution in [0.25, 0.3) is 6.08 Å². The Balaban J connectivity index is 1.28. The minimum absolute atomic E-state index is 0.315. The minimum Gasteiger partial charge on any atom is -0.494 e. The summed E-state index contributed by atoms with van der Waals surface area (Å²) in [6.07, 6.45) is 10.1. The van der Waals surface area contributed by atoms with Crippen LogP contribution in [-0.2, 0) is 9.53 Å². The highest BCUT2D eigenvalue weighted by molar-refractivity contribution is 5.91. The molecule has 0 heterocycles. The third kappa shape index (κ3) is 12.1. The van der Waals surface area contributed by atoms with Crippen molar-refractivity contribution in [1.82, 2.24) is 0 Å². The van der Waals surface area contributed by atoms with Gasteiger partial charge < -0.3 is 30.4 Å². The number of hydrogen-bond donors (Lipinski definition) is 2. The number of nitrogen functional groups attached to an aromatic ring is 2. The summed E-state index contributed by atoms with van der Waals surface area (Å²) >= 11 is 0. The maximum atomic E-state index is 12.2.